The number of thioether (sulfide) groups is 1. The molecule has 0 saturated carbocycles. The minimum Gasteiger partial charge on any atom is -0.338 e. The number of non-ortho nitro benzene ring substituents is 1. The molecule has 2 aromatic carbocycles. The minimum atomic E-state index is -0.534. The van der Waals surface area contributed by atoms with Gasteiger partial charge in [-0.2, -0.15) is 0 Å². The number of nitrogens with zero attached hydrogens (tertiary/aromatic N) is 3. The summed E-state index contributed by atoms with van der Waals surface area (Å²) < 4.78 is 14.0. The average molecular weight is 429 g/mol. The molecule has 7 nitrogen and oxygen atoms in total. The van der Waals surface area contributed by atoms with Gasteiger partial charge in [-0.3, -0.25) is 19.7 Å². The molecule has 2 fully saturated rings. The van der Waals surface area contributed by atoms with E-state index in [9.17, 15) is 24.1 Å². The molecule has 2 aromatic rings. The zero-order chi connectivity index (χ0) is 21.3. The molecule has 0 atom stereocenters. The highest BCUT2D eigenvalue weighted by Crippen LogP contribution is 2.44. The van der Waals surface area contributed by atoms with Crippen LogP contribution in [0.1, 0.15) is 33.6 Å². The van der Waals surface area contributed by atoms with Crippen molar-refractivity contribution in [2.24, 2.45) is 0 Å². The molecule has 0 radical (unpaired) electrons. The third-order valence-electron chi connectivity index (χ3n) is 5.68. The van der Waals surface area contributed by atoms with E-state index in [0.29, 0.717) is 38.0 Å². The van der Waals surface area contributed by atoms with Gasteiger partial charge in [-0.1, -0.05) is 12.1 Å². The van der Waals surface area contributed by atoms with Crippen LogP contribution in [0.15, 0.2) is 48.5 Å². The van der Waals surface area contributed by atoms with E-state index in [-0.39, 0.29) is 23.1 Å². The van der Waals surface area contributed by atoms with Crippen LogP contribution in [0.25, 0.3) is 0 Å². The minimum absolute atomic E-state index is 0.0583. The highest BCUT2D eigenvalue weighted by Gasteiger charge is 2.47. The first-order chi connectivity index (χ1) is 14.4. The molecule has 2 aliphatic rings. The van der Waals surface area contributed by atoms with Crippen LogP contribution in [0.4, 0.5) is 10.1 Å². The molecule has 9 heteroatoms. The van der Waals surface area contributed by atoms with Gasteiger partial charge in [-0.05, 0) is 37.1 Å². The van der Waals surface area contributed by atoms with Crippen molar-refractivity contribution in [2.75, 3.05) is 25.4 Å². The normalized spacial score (nSPS) is 17.9. The largest absolute Gasteiger partial charge is 0.338 e. The van der Waals surface area contributed by atoms with Crippen molar-refractivity contribution in [3.8, 4) is 0 Å². The van der Waals surface area contributed by atoms with Gasteiger partial charge in [-0.25, -0.2) is 4.39 Å². The number of carbonyl (C=O) groups excluding carboxylic acids is 2. The average Bonchev–Trinajstić information content (AvgIpc) is 3.16. The summed E-state index contributed by atoms with van der Waals surface area (Å²) in [7, 11) is 0. The Balaban J connectivity index is 1.47. The van der Waals surface area contributed by atoms with Crippen LogP contribution in [0.2, 0.25) is 0 Å². The molecular formula is C21H20FN3O4S. The quantitative estimate of drug-likeness (QED) is 0.550. The van der Waals surface area contributed by atoms with Gasteiger partial charge in [0.25, 0.3) is 17.5 Å². The zero-order valence-corrected chi connectivity index (χ0v) is 16.9. The van der Waals surface area contributed by atoms with Gasteiger partial charge in [0.2, 0.25) is 0 Å². The van der Waals surface area contributed by atoms with Gasteiger partial charge < -0.3 is 9.80 Å². The monoisotopic (exact) mass is 429 g/mol. The number of hydrogen-bond acceptors (Lipinski definition) is 5. The first-order valence-electron chi connectivity index (χ1n) is 9.65. The van der Waals surface area contributed by atoms with Crippen LogP contribution < -0.4 is 0 Å². The van der Waals surface area contributed by atoms with E-state index in [0.717, 1.165) is 5.75 Å². The molecule has 0 N–H and O–H groups in total. The van der Waals surface area contributed by atoms with Crippen LogP contribution in [-0.2, 0) is 0 Å². The lowest BCUT2D eigenvalue weighted by atomic mass is 10.00. The van der Waals surface area contributed by atoms with E-state index >= 15 is 0 Å². The number of benzene rings is 2. The van der Waals surface area contributed by atoms with Gasteiger partial charge in [0.1, 0.15) is 5.82 Å². The number of amides is 2. The molecule has 30 heavy (non-hydrogen) atoms. The van der Waals surface area contributed by atoms with Crippen molar-refractivity contribution >= 4 is 29.3 Å². The first-order valence-corrected chi connectivity index (χ1v) is 10.6. The summed E-state index contributed by atoms with van der Waals surface area (Å²) in [6.45, 7) is 1.45. The van der Waals surface area contributed by atoms with Crippen molar-refractivity contribution in [1.82, 2.24) is 9.80 Å². The summed E-state index contributed by atoms with van der Waals surface area (Å²) in [5.41, 5.74) is 0.413. The second kappa shape index (κ2) is 8.06. The lowest BCUT2D eigenvalue weighted by molar-refractivity contribution is -0.384. The molecule has 0 aliphatic carbocycles. The zero-order valence-electron chi connectivity index (χ0n) is 16.1. The molecule has 2 amide bonds. The highest BCUT2D eigenvalue weighted by molar-refractivity contribution is 8.00. The Hall–Kier alpha value is -2.94. The third-order valence-corrected chi connectivity index (χ3v) is 7.24. The number of halogens is 1. The Morgan fingerprint density at radius 1 is 1.00 bits per heavy atom. The maximum Gasteiger partial charge on any atom is 0.269 e. The molecule has 1 spiro atoms. The Labute approximate surface area is 177 Å². The van der Waals surface area contributed by atoms with Gasteiger partial charge >= 0.3 is 0 Å². The maximum atomic E-state index is 14.0. The standard InChI is InChI=1S/C21H20FN3O4S/c22-18-4-2-1-3-17(18)20(27)23-11-9-21(10-12-23)24(13-14-30-21)19(26)15-5-7-16(8-6-15)25(28)29/h1-8H,9-14H2. The number of nitro benzene ring substituents is 1. The van der Waals surface area contributed by atoms with Crippen LogP contribution in [0, 0.1) is 15.9 Å². The van der Waals surface area contributed by atoms with E-state index in [1.807, 2.05) is 4.90 Å². The van der Waals surface area contributed by atoms with Crippen molar-refractivity contribution in [3.63, 3.8) is 0 Å². The molecule has 2 aliphatic heterocycles. The topological polar surface area (TPSA) is 83.8 Å². The van der Waals surface area contributed by atoms with Gasteiger partial charge in [0.15, 0.2) is 0 Å². The Kier molecular flexibility index (Phi) is 5.46. The van der Waals surface area contributed by atoms with Crippen LogP contribution in [-0.4, -0.2) is 56.8 Å². The summed E-state index contributed by atoms with van der Waals surface area (Å²) in [6, 6.07) is 11.6. The van der Waals surface area contributed by atoms with E-state index in [1.165, 1.54) is 36.4 Å². The molecule has 0 unspecified atom stereocenters. The fourth-order valence-corrected chi connectivity index (χ4v) is 5.51. The molecular weight excluding hydrogens is 409 g/mol. The van der Waals surface area contributed by atoms with Gasteiger partial charge in [0, 0.05) is 43.1 Å². The molecule has 156 valence electrons. The molecule has 2 saturated heterocycles. The summed E-state index contributed by atoms with van der Waals surface area (Å²) in [6.07, 6.45) is 1.19. The van der Waals surface area contributed by atoms with E-state index < -0.39 is 15.6 Å². The number of nitro groups is 1. The van der Waals surface area contributed by atoms with Crippen LogP contribution >= 0.6 is 11.8 Å². The first kappa shape index (κ1) is 20.3. The van der Waals surface area contributed by atoms with E-state index in [2.05, 4.69) is 0 Å². The van der Waals surface area contributed by atoms with Gasteiger partial charge in [0.05, 0.1) is 15.4 Å². The predicted octanol–water partition coefficient (Wildman–Crippen LogP) is 3.56. The number of carbonyl (C=O) groups is 2. The Morgan fingerprint density at radius 3 is 2.30 bits per heavy atom. The van der Waals surface area contributed by atoms with Crippen LogP contribution in [0.3, 0.4) is 0 Å². The van der Waals surface area contributed by atoms with Crippen molar-refractivity contribution in [3.05, 3.63) is 75.6 Å². The lowest BCUT2D eigenvalue weighted by Gasteiger charge is -2.44. The number of likely N-dealkylation sites (tertiary alicyclic amines) is 1. The summed E-state index contributed by atoms with van der Waals surface area (Å²) in [4.78, 5) is 39.2. The fraction of sp³-hybridized carbons (Fsp3) is 0.333. The molecule has 0 bridgehead atoms. The number of rotatable bonds is 3. The van der Waals surface area contributed by atoms with Crippen molar-refractivity contribution < 1.29 is 18.9 Å². The number of hydrogen-bond donors (Lipinski definition) is 0. The van der Waals surface area contributed by atoms with Gasteiger partial charge in [-0.15, -0.1) is 11.8 Å². The SMILES string of the molecule is O=C(c1ccccc1F)N1CCC2(CC1)SCCN2C(=O)c1ccc([N+](=O)[O-])cc1. The van der Waals surface area contributed by atoms with Crippen molar-refractivity contribution in [2.45, 2.75) is 17.7 Å². The third kappa shape index (κ3) is 3.65. The summed E-state index contributed by atoms with van der Waals surface area (Å²) in [5.74, 6) is -0.240. The maximum absolute atomic E-state index is 14.0. The second-order valence-electron chi connectivity index (χ2n) is 7.33. The van der Waals surface area contributed by atoms with Crippen molar-refractivity contribution in [1.29, 1.82) is 0 Å². The fourth-order valence-electron chi connectivity index (χ4n) is 4.06. The van der Waals surface area contributed by atoms with E-state index in [1.54, 1.807) is 28.8 Å². The van der Waals surface area contributed by atoms with E-state index in [4.69, 9.17) is 0 Å². The Morgan fingerprint density at radius 2 is 1.67 bits per heavy atom. The molecule has 0 aromatic heterocycles. The number of piperidine rings is 1. The summed E-state index contributed by atoms with van der Waals surface area (Å²) >= 11 is 1.70. The highest BCUT2D eigenvalue weighted by atomic mass is 32.2. The smallest absolute Gasteiger partial charge is 0.269 e. The summed E-state index contributed by atoms with van der Waals surface area (Å²) in [5, 5.41) is 10.8. The van der Waals surface area contributed by atoms with Crippen LogP contribution in [0.5, 0.6) is 0 Å². The second-order valence-corrected chi connectivity index (χ2v) is 8.78. The predicted molar refractivity (Wildman–Crippen MR) is 111 cm³/mol. The Bertz CT molecular complexity index is 990. The molecule has 4 rings (SSSR count). The molecule has 2 heterocycles. The lowest BCUT2D eigenvalue weighted by Crippen LogP contribution is -2.53.